The van der Waals surface area contributed by atoms with Crippen LogP contribution in [0.2, 0.25) is 0 Å². The minimum absolute atomic E-state index is 0.0414. The van der Waals surface area contributed by atoms with E-state index in [1.165, 1.54) is 13.3 Å². The Hall–Kier alpha value is -3.92. The van der Waals surface area contributed by atoms with E-state index in [1.807, 2.05) is 18.2 Å². The van der Waals surface area contributed by atoms with E-state index in [4.69, 9.17) is 0 Å². The molecule has 37 heavy (non-hydrogen) atoms. The first-order valence-electron chi connectivity index (χ1n) is 12.0. The van der Waals surface area contributed by atoms with E-state index in [0.29, 0.717) is 28.3 Å². The number of ketones is 1. The maximum absolute atomic E-state index is 13.6. The van der Waals surface area contributed by atoms with E-state index >= 15 is 0 Å². The first kappa shape index (κ1) is 23.5. The summed E-state index contributed by atoms with van der Waals surface area (Å²) in [5, 5.41) is 3.62. The number of rotatable bonds is 6. The topological polar surface area (TPSA) is 110 Å². The van der Waals surface area contributed by atoms with Crippen molar-refractivity contribution >= 4 is 50.2 Å². The minimum Gasteiger partial charge on any atom is -0.337 e. The third kappa shape index (κ3) is 4.42. The molecule has 6 rings (SSSR count). The summed E-state index contributed by atoms with van der Waals surface area (Å²) in [5.41, 5.74) is 3.05. The lowest BCUT2D eigenvalue weighted by atomic mass is 10.0. The zero-order valence-electron chi connectivity index (χ0n) is 20.0. The normalized spacial score (nSPS) is 20.1. The number of piperidine rings is 1. The van der Waals surface area contributed by atoms with Crippen LogP contribution in [0.1, 0.15) is 30.1 Å². The maximum atomic E-state index is 13.6. The predicted molar refractivity (Wildman–Crippen MR) is 141 cm³/mol. The summed E-state index contributed by atoms with van der Waals surface area (Å²) in [7, 11) is 0. The van der Waals surface area contributed by atoms with Gasteiger partial charge in [-0.1, -0.05) is 12.1 Å². The smallest absolute Gasteiger partial charge is 0.248 e. The van der Waals surface area contributed by atoms with Crippen molar-refractivity contribution in [1.29, 1.82) is 0 Å². The summed E-state index contributed by atoms with van der Waals surface area (Å²) < 4.78 is 2.43. The van der Waals surface area contributed by atoms with Crippen LogP contribution < -0.4 is 5.32 Å². The van der Waals surface area contributed by atoms with Crippen LogP contribution in [0.3, 0.4) is 0 Å². The Morgan fingerprint density at radius 1 is 1.08 bits per heavy atom. The Labute approximate surface area is 221 Å². The molecule has 0 spiro atoms. The van der Waals surface area contributed by atoms with Crippen LogP contribution in [0.4, 0.5) is 5.82 Å². The van der Waals surface area contributed by atoms with Gasteiger partial charge in [0.05, 0.1) is 0 Å². The number of hydrogen-bond acceptors (Lipinski definition) is 6. The van der Waals surface area contributed by atoms with Gasteiger partial charge in [0.2, 0.25) is 11.8 Å². The van der Waals surface area contributed by atoms with Crippen LogP contribution in [0, 0.1) is 5.92 Å². The Morgan fingerprint density at radius 2 is 1.89 bits per heavy atom. The molecule has 186 valence electrons. The SMILES string of the molecule is CC(=O)c1cn(CC(=O)N2[C@@H]3C[C@H]3C[C@H]2C(=O)Nc2cccc(Br)n2)c2ccc(-c3cncnc3)cc12. The largest absolute Gasteiger partial charge is 0.337 e. The van der Waals surface area contributed by atoms with Crippen LogP contribution in [0.5, 0.6) is 0 Å². The highest BCUT2D eigenvalue weighted by molar-refractivity contribution is 9.10. The van der Waals surface area contributed by atoms with Gasteiger partial charge >= 0.3 is 0 Å². The Morgan fingerprint density at radius 3 is 2.65 bits per heavy atom. The molecule has 0 unspecified atom stereocenters. The third-order valence-corrected chi connectivity index (χ3v) is 7.56. The van der Waals surface area contributed by atoms with E-state index in [0.717, 1.165) is 28.5 Å². The van der Waals surface area contributed by atoms with Gasteiger partial charge in [-0.2, -0.15) is 0 Å². The highest BCUT2D eigenvalue weighted by atomic mass is 79.9. The molecule has 10 heteroatoms. The monoisotopic (exact) mass is 558 g/mol. The zero-order valence-corrected chi connectivity index (χ0v) is 21.6. The van der Waals surface area contributed by atoms with Crippen molar-refractivity contribution in [3.8, 4) is 11.1 Å². The number of nitrogens with zero attached hydrogens (tertiary/aromatic N) is 5. The molecule has 0 radical (unpaired) electrons. The van der Waals surface area contributed by atoms with Gasteiger partial charge in [-0.3, -0.25) is 14.4 Å². The number of anilines is 1. The molecule has 3 atom stereocenters. The van der Waals surface area contributed by atoms with Crippen molar-refractivity contribution in [3.05, 3.63) is 71.5 Å². The lowest BCUT2D eigenvalue weighted by Gasteiger charge is -2.27. The highest BCUT2D eigenvalue weighted by Crippen LogP contribution is 2.48. The van der Waals surface area contributed by atoms with Crippen LogP contribution in [0.25, 0.3) is 22.0 Å². The molecule has 1 aromatic carbocycles. The molecular weight excluding hydrogens is 536 g/mol. The number of likely N-dealkylation sites (tertiary alicyclic amines) is 1. The van der Waals surface area contributed by atoms with Crippen molar-refractivity contribution in [2.24, 2.45) is 5.92 Å². The van der Waals surface area contributed by atoms with Gasteiger partial charge in [-0.05, 0) is 71.4 Å². The summed E-state index contributed by atoms with van der Waals surface area (Å²) in [6.07, 6.45) is 8.20. The standard InChI is InChI=1S/C27H23BrN6O3/c1-15(35)20-12-33(21-6-5-16(7-19(20)21)18-10-29-14-30-11-18)13-26(36)34-22-8-17(22)9-23(34)27(37)32-25-4-2-3-24(28)31-25/h2-7,10-12,14,17,22-23H,8-9,13H2,1H3,(H,31,32,37)/t17-,22+,23-/m0/s1. The molecule has 3 aromatic heterocycles. The van der Waals surface area contributed by atoms with E-state index in [9.17, 15) is 14.4 Å². The molecular formula is C27H23BrN6O3. The Bertz CT molecular complexity index is 1550. The predicted octanol–water partition coefficient (Wildman–Crippen LogP) is 4.09. The molecule has 1 aliphatic heterocycles. The lowest BCUT2D eigenvalue weighted by Crippen LogP contribution is -2.46. The van der Waals surface area contributed by atoms with E-state index in [1.54, 1.807) is 46.3 Å². The van der Waals surface area contributed by atoms with Gasteiger partial charge in [0, 0.05) is 46.7 Å². The molecule has 1 saturated carbocycles. The van der Waals surface area contributed by atoms with Gasteiger partial charge in [0.1, 0.15) is 29.3 Å². The number of carbonyl (C=O) groups excluding carboxylic acids is 3. The molecule has 4 heterocycles. The molecule has 2 aliphatic rings. The van der Waals surface area contributed by atoms with Crippen LogP contribution in [0.15, 0.2) is 65.9 Å². The Kier molecular flexibility index (Phi) is 5.83. The summed E-state index contributed by atoms with van der Waals surface area (Å²) in [6.45, 7) is 1.56. The molecule has 1 N–H and O–H groups in total. The number of nitrogens with one attached hydrogen (secondary N) is 1. The van der Waals surface area contributed by atoms with Crippen molar-refractivity contribution in [2.75, 3.05) is 5.32 Å². The number of hydrogen-bond donors (Lipinski definition) is 1. The second kappa shape index (κ2) is 9.19. The zero-order chi connectivity index (χ0) is 25.7. The molecule has 4 aromatic rings. The van der Waals surface area contributed by atoms with Crippen molar-refractivity contribution < 1.29 is 14.4 Å². The van der Waals surface area contributed by atoms with Crippen LogP contribution in [-0.2, 0) is 16.1 Å². The van der Waals surface area contributed by atoms with Gasteiger partial charge < -0.3 is 14.8 Å². The van der Waals surface area contributed by atoms with Crippen LogP contribution >= 0.6 is 15.9 Å². The van der Waals surface area contributed by atoms with Crippen molar-refractivity contribution in [1.82, 2.24) is 24.4 Å². The number of Topliss-reactive ketones (excluding diaryl/α,β-unsaturated/α-hetero) is 1. The summed E-state index contributed by atoms with van der Waals surface area (Å²) in [5.74, 6) is 0.330. The number of fused-ring (bicyclic) bond motifs is 2. The Balaban J connectivity index is 1.27. The van der Waals surface area contributed by atoms with E-state index < -0.39 is 6.04 Å². The first-order chi connectivity index (χ1) is 17.9. The number of amides is 2. The summed E-state index contributed by atoms with van der Waals surface area (Å²) >= 11 is 3.31. The quantitative estimate of drug-likeness (QED) is 0.282. The number of benzene rings is 1. The number of pyridine rings is 1. The number of aromatic nitrogens is 4. The second-order valence-corrected chi connectivity index (χ2v) is 10.3. The molecule has 9 nitrogen and oxygen atoms in total. The fraction of sp³-hybridized carbons (Fsp3) is 0.259. The van der Waals surface area contributed by atoms with Crippen LogP contribution in [-0.4, -0.2) is 54.1 Å². The summed E-state index contributed by atoms with van der Waals surface area (Å²) in [4.78, 5) is 53.3. The summed E-state index contributed by atoms with van der Waals surface area (Å²) in [6, 6.07) is 10.6. The lowest BCUT2D eigenvalue weighted by molar-refractivity contribution is -0.138. The average molecular weight is 559 g/mol. The highest BCUT2D eigenvalue weighted by Gasteiger charge is 2.56. The third-order valence-electron chi connectivity index (χ3n) is 7.12. The molecule has 0 bridgehead atoms. The second-order valence-electron chi connectivity index (χ2n) is 9.54. The fourth-order valence-corrected chi connectivity index (χ4v) is 5.64. The van der Waals surface area contributed by atoms with E-state index in [2.05, 4.69) is 36.2 Å². The van der Waals surface area contributed by atoms with Crippen molar-refractivity contribution in [3.63, 3.8) is 0 Å². The fourth-order valence-electron chi connectivity index (χ4n) is 5.30. The van der Waals surface area contributed by atoms with Gasteiger partial charge in [0.25, 0.3) is 0 Å². The number of halogens is 1. The van der Waals surface area contributed by atoms with Gasteiger partial charge in [-0.15, -0.1) is 0 Å². The minimum atomic E-state index is -0.546. The van der Waals surface area contributed by atoms with Gasteiger partial charge in [-0.25, -0.2) is 15.0 Å². The van der Waals surface area contributed by atoms with Gasteiger partial charge in [0.15, 0.2) is 5.78 Å². The molecule has 1 aliphatic carbocycles. The molecule has 1 saturated heterocycles. The maximum Gasteiger partial charge on any atom is 0.248 e. The molecule has 2 amide bonds. The average Bonchev–Trinajstić information content (AvgIpc) is 3.39. The molecule has 2 fully saturated rings. The van der Waals surface area contributed by atoms with E-state index in [-0.39, 0.29) is 30.2 Å². The number of carbonyl (C=O) groups is 3. The first-order valence-corrected chi connectivity index (χ1v) is 12.8. The van der Waals surface area contributed by atoms with Crippen molar-refractivity contribution in [2.45, 2.75) is 38.4 Å².